The Hall–Kier alpha value is -2.45. The van der Waals surface area contributed by atoms with Crippen LogP contribution in [0.15, 0.2) is 48.0 Å². The molecule has 174 valence electrons. The van der Waals surface area contributed by atoms with Crippen molar-refractivity contribution in [2.45, 2.75) is 12.5 Å². The highest BCUT2D eigenvalue weighted by Gasteiger charge is 2.46. The summed E-state index contributed by atoms with van der Waals surface area (Å²) in [5.74, 6) is -2.33. The van der Waals surface area contributed by atoms with E-state index in [1.165, 1.54) is 29.2 Å². The van der Waals surface area contributed by atoms with Gasteiger partial charge in [-0.3, -0.25) is 14.5 Å². The molecule has 1 unspecified atom stereocenters. The third-order valence-electron chi connectivity index (χ3n) is 5.89. The summed E-state index contributed by atoms with van der Waals surface area (Å²) in [5.41, 5.74) is 0.739. The highest BCUT2D eigenvalue weighted by molar-refractivity contribution is 6.46. The largest absolute Gasteiger partial charge is 0.507 e. The van der Waals surface area contributed by atoms with Crippen LogP contribution >= 0.6 is 23.2 Å². The van der Waals surface area contributed by atoms with Crippen LogP contribution in [0, 0.1) is 5.82 Å². The van der Waals surface area contributed by atoms with Crippen molar-refractivity contribution in [3.63, 3.8) is 0 Å². The van der Waals surface area contributed by atoms with Gasteiger partial charge >= 0.3 is 0 Å². The monoisotopic (exact) mass is 492 g/mol. The molecule has 0 radical (unpaired) electrons. The van der Waals surface area contributed by atoms with Crippen LogP contribution in [-0.4, -0.2) is 66.0 Å². The van der Waals surface area contributed by atoms with E-state index in [4.69, 9.17) is 27.9 Å². The van der Waals surface area contributed by atoms with Crippen molar-refractivity contribution in [1.82, 2.24) is 9.80 Å². The van der Waals surface area contributed by atoms with Gasteiger partial charge in [-0.25, -0.2) is 4.39 Å². The molecule has 0 bridgehead atoms. The molecule has 2 saturated heterocycles. The van der Waals surface area contributed by atoms with E-state index in [-0.39, 0.29) is 21.9 Å². The fourth-order valence-electron chi connectivity index (χ4n) is 4.19. The Morgan fingerprint density at radius 1 is 1.03 bits per heavy atom. The lowest BCUT2D eigenvalue weighted by Gasteiger charge is -2.29. The van der Waals surface area contributed by atoms with Crippen molar-refractivity contribution >= 4 is 40.7 Å². The summed E-state index contributed by atoms with van der Waals surface area (Å²) >= 11 is 12.3. The van der Waals surface area contributed by atoms with Gasteiger partial charge in [0.25, 0.3) is 11.7 Å². The minimum atomic E-state index is -0.838. The zero-order chi connectivity index (χ0) is 23.5. The molecule has 0 spiro atoms. The molecule has 2 aliphatic heterocycles. The van der Waals surface area contributed by atoms with Gasteiger partial charge in [0, 0.05) is 31.7 Å². The van der Waals surface area contributed by atoms with Crippen LogP contribution in [0.2, 0.25) is 10.0 Å². The molecular weight excluding hydrogens is 470 g/mol. The molecule has 2 fully saturated rings. The van der Waals surface area contributed by atoms with Gasteiger partial charge in [0.2, 0.25) is 0 Å². The molecule has 0 saturated carbocycles. The third kappa shape index (κ3) is 5.06. The molecule has 1 N–H and O–H groups in total. The topological polar surface area (TPSA) is 70.1 Å². The Morgan fingerprint density at radius 2 is 1.73 bits per heavy atom. The molecule has 9 heteroatoms. The molecule has 0 aliphatic carbocycles. The fraction of sp³-hybridized carbons (Fsp3) is 0.333. The van der Waals surface area contributed by atoms with E-state index in [9.17, 15) is 19.1 Å². The number of benzene rings is 2. The number of halogens is 3. The van der Waals surface area contributed by atoms with Crippen LogP contribution in [0.25, 0.3) is 5.76 Å². The van der Waals surface area contributed by atoms with Crippen molar-refractivity contribution in [1.29, 1.82) is 0 Å². The number of Topliss-reactive ketones (excluding diaryl/α,β-unsaturated/α-hetero) is 1. The minimum absolute atomic E-state index is 0.0589. The first kappa shape index (κ1) is 23.7. The van der Waals surface area contributed by atoms with Crippen molar-refractivity contribution in [2.24, 2.45) is 0 Å². The third-order valence-corrected chi connectivity index (χ3v) is 6.63. The van der Waals surface area contributed by atoms with E-state index < -0.39 is 23.5 Å². The molecule has 6 nitrogen and oxygen atoms in total. The number of aliphatic hydroxyl groups is 1. The van der Waals surface area contributed by atoms with E-state index in [0.29, 0.717) is 36.8 Å². The fourth-order valence-corrected chi connectivity index (χ4v) is 4.50. The minimum Gasteiger partial charge on any atom is -0.507 e. The number of ether oxygens (including phenoxy) is 1. The lowest BCUT2D eigenvalue weighted by molar-refractivity contribution is -0.140. The highest BCUT2D eigenvalue weighted by atomic mass is 35.5. The second-order valence-corrected chi connectivity index (χ2v) is 8.79. The predicted molar refractivity (Wildman–Crippen MR) is 124 cm³/mol. The van der Waals surface area contributed by atoms with Gasteiger partial charge in [-0.2, -0.15) is 0 Å². The molecule has 0 aromatic heterocycles. The van der Waals surface area contributed by atoms with Gasteiger partial charge in [-0.1, -0.05) is 29.3 Å². The second-order valence-electron chi connectivity index (χ2n) is 7.98. The Bertz CT molecular complexity index is 1080. The van der Waals surface area contributed by atoms with Crippen molar-refractivity contribution in [3.8, 4) is 0 Å². The zero-order valence-corrected chi connectivity index (χ0v) is 19.3. The van der Waals surface area contributed by atoms with Crippen molar-refractivity contribution in [3.05, 3.63) is 75.0 Å². The average molecular weight is 493 g/mol. The Labute approximate surface area is 201 Å². The molecular formula is C24H23Cl2FN2O4. The van der Waals surface area contributed by atoms with Crippen LogP contribution in [0.4, 0.5) is 4.39 Å². The molecule has 2 heterocycles. The lowest BCUT2D eigenvalue weighted by Crippen LogP contribution is -2.38. The summed E-state index contributed by atoms with van der Waals surface area (Å²) in [4.78, 5) is 29.7. The summed E-state index contributed by atoms with van der Waals surface area (Å²) in [5, 5.41) is 11.6. The van der Waals surface area contributed by atoms with Crippen LogP contribution < -0.4 is 0 Å². The van der Waals surface area contributed by atoms with Crippen LogP contribution in [0.5, 0.6) is 0 Å². The standard InChI is InChI=1S/C24H23Cl2FN2O4/c25-18-7-4-16(14-19(18)26)21-20(22(30)15-2-5-17(27)6-3-15)23(31)24(32)29(21)9-1-8-28-10-12-33-13-11-28/h2-7,14,21,30H,1,8-13H2/b22-20+. The number of hydrogen-bond donors (Lipinski definition) is 1. The average Bonchev–Trinajstić information content (AvgIpc) is 3.06. The van der Waals surface area contributed by atoms with Gasteiger partial charge in [0.1, 0.15) is 11.6 Å². The summed E-state index contributed by atoms with van der Waals surface area (Å²) in [6.07, 6.45) is 0.640. The Morgan fingerprint density at radius 3 is 2.39 bits per heavy atom. The first-order valence-corrected chi connectivity index (χ1v) is 11.4. The van der Waals surface area contributed by atoms with E-state index in [2.05, 4.69) is 4.90 Å². The van der Waals surface area contributed by atoms with Gasteiger partial charge in [0.15, 0.2) is 0 Å². The second kappa shape index (κ2) is 10.2. The molecule has 4 rings (SSSR count). The number of hydrogen-bond acceptors (Lipinski definition) is 5. The van der Waals surface area contributed by atoms with Gasteiger partial charge < -0.3 is 14.7 Å². The molecule has 33 heavy (non-hydrogen) atoms. The van der Waals surface area contributed by atoms with Crippen molar-refractivity contribution in [2.75, 3.05) is 39.4 Å². The first-order chi connectivity index (χ1) is 15.9. The number of amides is 1. The molecule has 2 aromatic carbocycles. The molecule has 1 atom stereocenters. The van der Waals surface area contributed by atoms with E-state index >= 15 is 0 Å². The van der Waals surface area contributed by atoms with Crippen LogP contribution in [0.3, 0.4) is 0 Å². The zero-order valence-electron chi connectivity index (χ0n) is 17.8. The number of nitrogens with zero attached hydrogens (tertiary/aromatic N) is 2. The van der Waals surface area contributed by atoms with Crippen LogP contribution in [-0.2, 0) is 14.3 Å². The summed E-state index contributed by atoms with van der Waals surface area (Å²) in [7, 11) is 0. The maximum atomic E-state index is 13.4. The number of ketones is 1. The Kier molecular flexibility index (Phi) is 7.34. The molecule has 2 aliphatic rings. The SMILES string of the molecule is O=C1C(=O)N(CCCN2CCOCC2)C(c2ccc(Cl)c(Cl)c2)/C1=C(\O)c1ccc(F)cc1. The highest BCUT2D eigenvalue weighted by Crippen LogP contribution is 2.41. The maximum absolute atomic E-state index is 13.4. The van der Waals surface area contributed by atoms with Gasteiger partial charge in [-0.15, -0.1) is 0 Å². The number of likely N-dealkylation sites (tertiary alicyclic amines) is 1. The van der Waals surface area contributed by atoms with E-state index in [0.717, 1.165) is 19.6 Å². The Balaban J connectivity index is 1.69. The number of aliphatic hydroxyl groups excluding tert-OH is 1. The van der Waals surface area contributed by atoms with Crippen molar-refractivity contribution < 1.29 is 23.8 Å². The van der Waals surface area contributed by atoms with E-state index in [1.807, 2.05) is 0 Å². The number of carbonyl (C=O) groups excluding carboxylic acids is 2. The summed E-state index contributed by atoms with van der Waals surface area (Å²) in [6.45, 7) is 4.04. The smallest absolute Gasteiger partial charge is 0.295 e. The summed E-state index contributed by atoms with van der Waals surface area (Å²) in [6, 6.07) is 9.11. The van der Waals surface area contributed by atoms with Crippen LogP contribution in [0.1, 0.15) is 23.6 Å². The first-order valence-electron chi connectivity index (χ1n) is 10.7. The quantitative estimate of drug-likeness (QED) is 0.370. The molecule has 2 aromatic rings. The van der Waals surface area contributed by atoms with Gasteiger partial charge in [-0.05, 0) is 48.4 Å². The summed E-state index contributed by atoms with van der Waals surface area (Å²) < 4.78 is 18.7. The normalized spacial score (nSPS) is 21.1. The lowest BCUT2D eigenvalue weighted by atomic mass is 9.95. The van der Waals surface area contributed by atoms with E-state index in [1.54, 1.807) is 18.2 Å². The van der Waals surface area contributed by atoms with Gasteiger partial charge in [0.05, 0.1) is 34.9 Å². The number of rotatable bonds is 6. The maximum Gasteiger partial charge on any atom is 0.295 e. The molecule has 1 amide bonds. The number of carbonyl (C=O) groups is 2. The predicted octanol–water partition coefficient (Wildman–Crippen LogP) is 4.28. The number of morpholine rings is 1.